The van der Waals surface area contributed by atoms with Gasteiger partial charge in [0.1, 0.15) is 12.4 Å². The molecule has 0 aromatic carbocycles. The van der Waals surface area contributed by atoms with Crippen molar-refractivity contribution in [2.75, 3.05) is 5.73 Å². The van der Waals surface area contributed by atoms with Crippen molar-refractivity contribution in [1.29, 1.82) is 0 Å². The average molecular weight is 305 g/mol. The van der Waals surface area contributed by atoms with Crippen molar-refractivity contribution in [1.82, 2.24) is 24.7 Å². The van der Waals surface area contributed by atoms with E-state index in [2.05, 4.69) is 20.1 Å². The highest BCUT2D eigenvalue weighted by Crippen LogP contribution is 2.27. The van der Waals surface area contributed by atoms with Gasteiger partial charge in [0.25, 0.3) is 0 Å². The zero-order chi connectivity index (χ0) is 15.0. The van der Waals surface area contributed by atoms with Crippen molar-refractivity contribution in [3.8, 4) is 11.3 Å². The van der Waals surface area contributed by atoms with Crippen molar-refractivity contribution < 1.29 is 9.90 Å². The first-order valence-corrected chi connectivity index (χ1v) is 6.25. The number of pyridine rings is 1. The first-order valence-electron chi connectivity index (χ1n) is 5.87. The second-order valence-electron chi connectivity index (χ2n) is 4.25. The lowest BCUT2D eigenvalue weighted by atomic mass is 10.1. The zero-order valence-corrected chi connectivity index (χ0v) is 11.3. The molecular formula is C12H9ClN6O2. The minimum absolute atomic E-state index is 0.00136. The number of fused-ring (bicyclic) bond motifs is 1. The summed E-state index contributed by atoms with van der Waals surface area (Å²) < 4.78 is 1.25. The van der Waals surface area contributed by atoms with Crippen LogP contribution >= 0.6 is 11.6 Å². The summed E-state index contributed by atoms with van der Waals surface area (Å²) in [5.74, 6) is -0.637. The summed E-state index contributed by atoms with van der Waals surface area (Å²) in [6.45, 7) is -0.309. The lowest BCUT2D eigenvalue weighted by Gasteiger charge is -2.04. The molecule has 0 saturated carbocycles. The summed E-state index contributed by atoms with van der Waals surface area (Å²) in [5, 5.41) is 13.5. The Balaban J connectivity index is 2.21. The van der Waals surface area contributed by atoms with E-state index < -0.39 is 5.97 Å². The van der Waals surface area contributed by atoms with Gasteiger partial charge in [0.2, 0.25) is 5.28 Å². The normalized spacial score (nSPS) is 10.9. The summed E-state index contributed by atoms with van der Waals surface area (Å²) in [5.41, 5.74) is 7.12. The number of carbonyl (C=O) groups is 1. The predicted octanol–water partition coefficient (Wildman–Crippen LogP) is 1.21. The number of halogens is 1. The summed E-state index contributed by atoms with van der Waals surface area (Å²) >= 11 is 5.91. The van der Waals surface area contributed by atoms with Crippen LogP contribution in [0.2, 0.25) is 5.28 Å². The summed E-state index contributed by atoms with van der Waals surface area (Å²) in [7, 11) is 0. The van der Waals surface area contributed by atoms with E-state index >= 15 is 0 Å². The second kappa shape index (κ2) is 4.98. The lowest BCUT2D eigenvalue weighted by Crippen LogP contribution is -2.10. The molecule has 0 aliphatic carbocycles. The molecule has 3 N–H and O–H groups in total. The smallest absolute Gasteiger partial charge is 0.325 e. The number of aromatic nitrogens is 5. The Morgan fingerprint density at radius 3 is 2.81 bits per heavy atom. The lowest BCUT2D eigenvalue weighted by molar-refractivity contribution is -0.137. The fraction of sp³-hybridized carbons (Fsp3) is 0.0833. The molecule has 0 radical (unpaired) electrons. The van der Waals surface area contributed by atoms with Gasteiger partial charge in [0.05, 0.1) is 17.3 Å². The molecule has 0 atom stereocenters. The Hall–Kier alpha value is -2.74. The first kappa shape index (κ1) is 13.3. The van der Waals surface area contributed by atoms with E-state index in [9.17, 15) is 4.79 Å². The standard InChI is InChI=1S/C12H9ClN6O2/c13-12-17-10(6-1-2-8(14)15-3-6)7-4-16-19(5-9(20)21)11(7)18-12/h1-4H,5H2,(H2,14,15)(H,20,21). The molecule has 3 aromatic heterocycles. The highest BCUT2D eigenvalue weighted by atomic mass is 35.5. The molecule has 106 valence electrons. The van der Waals surface area contributed by atoms with Crippen LogP contribution in [0.1, 0.15) is 0 Å². The number of hydrogen-bond donors (Lipinski definition) is 2. The largest absolute Gasteiger partial charge is 0.480 e. The minimum atomic E-state index is -1.02. The molecule has 3 rings (SSSR count). The van der Waals surface area contributed by atoms with Crippen LogP contribution in [0.3, 0.4) is 0 Å². The Morgan fingerprint density at radius 2 is 2.14 bits per heavy atom. The maximum Gasteiger partial charge on any atom is 0.325 e. The number of hydrogen-bond acceptors (Lipinski definition) is 6. The Morgan fingerprint density at radius 1 is 1.33 bits per heavy atom. The molecule has 0 unspecified atom stereocenters. The van der Waals surface area contributed by atoms with Crippen LogP contribution in [0.25, 0.3) is 22.3 Å². The molecule has 0 bridgehead atoms. The fourth-order valence-electron chi connectivity index (χ4n) is 1.94. The molecular weight excluding hydrogens is 296 g/mol. The van der Waals surface area contributed by atoms with E-state index in [-0.39, 0.29) is 11.8 Å². The maximum atomic E-state index is 10.8. The molecule has 3 heterocycles. The Labute approximate surface area is 123 Å². The van der Waals surface area contributed by atoms with Gasteiger partial charge in [-0.05, 0) is 23.7 Å². The van der Waals surface area contributed by atoms with Gasteiger partial charge < -0.3 is 10.8 Å². The van der Waals surface area contributed by atoms with Crippen molar-refractivity contribution in [3.63, 3.8) is 0 Å². The van der Waals surface area contributed by atoms with Crippen molar-refractivity contribution >= 4 is 34.4 Å². The van der Waals surface area contributed by atoms with Crippen molar-refractivity contribution in [2.24, 2.45) is 0 Å². The van der Waals surface area contributed by atoms with Gasteiger partial charge in [-0.3, -0.25) is 4.79 Å². The second-order valence-corrected chi connectivity index (χ2v) is 4.58. The monoisotopic (exact) mass is 304 g/mol. The number of carboxylic acids is 1. The molecule has 0 spiro atoms. The van der Waals surface area contributed by atoms with Crippen LogP contribution in [0.4, 0.5) is 5.82 Å². The molecule has 0 aliphatic heterocycles. The highest BCUT2D eigenvalue weighted by molar-refractivity contribution is 6.28. The first-order chi connectivity index (χ1) is 10.0. The maximum absolute atomic E-state index is 10.8. The average Bonchev–Trinajstić information content (AvgIpc) is 2.81. The van der Waals surface area contributed by atoms with Gasteiger partial charge >= 0.3 is 5.97 Å². The molecule has 0 saturated heterocycles. The van der Waals surface area contributed by atoms with E-state index in [0.717, 1.165) is 0 Å². The number of carboxylic acid groups (broad SMARTS) is 1. The van der Waals surface area contributed by atoms with Crippen molar-refractivity contribution in [3.05, 3.63) is 29.8 Å². The van der Waals surface area contributed by atoms with Crippen LogP contribution in [-0.4, -0.2) is 35.8 Å². The summed E-state index contributed by atoms with van der Waals surface area (Å²) in [6.07, 6.45) is 3.06. The summed E-state index contributed by atoms with van der Waals surface area (Å²) in [4.78, 5) is 23.0. The van der Waals surface area contributed by atoms with Gasteiger partial charge in [-0.2, -0.15) is 10.1 Å². The third kappa shape index (κ3) is 2.48. The van der Waals surface area contributed by atoms with Gasteiger partial charge in [-0.1, -0.05) is 0 Å². The number of aliphatic carboxylic acids is 1. The molecule has 3 aromatic rings. The van der Waals surface area contributed by atoms with Crippen LogP contribution in [-0.2, 0) is 11.3 Å². The molecule has 9 heteroatoms. The predicted molar refractivity (Wildman–Crippen MR) is 75.6 cm³/mol. The number of nitrogen functional groups attached to an aromatic ring is 1. The number of rotatable bonds is 3. The molecule has 0 fully saturated rings. The zero-order valence-electron chi connectivity index (χ0n) is 10.6. The van der Waals surface area contributed by atoms with E-state index in [1.165, 1.54) is 10.9 Å². The van der Waals surface area contributed by atoms with Gasteiger partial charge in [-0.15, -0.1) is 0 Å². The van der Waals surface area contributed by atoms with Crippen LogP contribution in [0, 0.1) is 0 Å². The van der Waals surface area contributed by atoms with Crippen LogP contribution < -0.4 is 5.73 Å². The van der Waals surface area contributed by atoms with E-state index in [1.807, 2.05) is 0 Å². The van der Waals surface area contributed by atoms with Gasteiger partial charge in [0.15, 0.2) is 5.65 Å². The van der Waals surface area contributed by atoms with Crippen LogP contribution in [0.5, 0.6) is 0 Å². The highest BCUT2D eigenvalue weighted by Gasteiger charge is 2.15. The topological polar surface area (TPSA) is 120 Å². The minimum Gasteiger partial charge on any atom is -0.480 e. The fourth-order valence-corrected chi connectivity index (χ4v) is 2.10. The molecule has 0 aliphatic rings. The van der Waals surface area contributed by atoms with Gasteiger partial charge in [0, 0.05) is 11.8 Å². The molecule has 8 nitrogen and oxygen atoms in total. The third-order valence-electron chi connectivity index (χ3n) is 2.81. The SMILES string of the molecule is Nc1ccc(-c2nc(Cl)nc3c2cnn3CC(=O)O)cn1. The van der Waals surface area contributed by atoms with Crippen molar-refractivity contribution in [2.45, 2.75) is 6.54 Å². The third-order valence-corrected chi connectivity index (χ3v) is 2.98. The number of anilines is 1. The van der Waals surface area contributed by atoms with Gasteiger partial charge in [-0.25, -0.2) is 14.6 Å². The van der Waals surface area contributed by atoms with E-state index in [1.54, 1.807) is 18.3 Å². The quantitative estimate of drug-likeness (QED) is 0.698. The molecule has 0 amide bonds. The number of nitrogens with two attached hydrogens (primary N) is 1. The Bertz CT molecular complexity index is 830. The van der Waals surface area contributed by atoms with E-state index in [4.69, 9.17) is 22.4 Å². The summed E-state index contributed by atoms with van der Waals surface area (Å²) in [6, 6.07) is 3.38. The van der Waals surface area contributed by atoms with E-state index in [0.29, 0.717) is 28.1 Å². The number of nitrogens with zero attached hydrogens (tertiary/aromatic N) is 5. The Kier molecular flexibility index (Phi) is 3.15. The molecule has 21 heavy (non-hydrogen) atoms. The van der Waals surface area contributed by atoms with Crippen LogP contribution in [0.15, 0.2) is 24.5 Å².